The SMILES string of the molecule is CSCCC(C)N(C)CC1(O)CCC(C(=O)O)CC1. The minimum absolute atomic E-state index is 0.264. The average molecular weight is 289 g/mol. The van der Waals surface area contributed by atoms with Crippen LogP contribution >= 0.6 is 11.8 Å². The first-order valence-electron chi connectivity index (χ1n) is 7.02. The van der Waals surface area contributed by atoms with Gasteiger partial charge < -0.3 is 15.1 Å². The lowest BCUT2D eigenvalue weighted by atomic mass is 9.78. The number of carboxylic acid groups (broad SMARTS) is 1. The van der Waals surface area contributed by atoms with Crippen molar-refractivity contribution in [1.82, 2.24) is 4.90 Å². The van der Waals surface area contributed by atoms with E-state index in [1.54, 1.807) is 0 Å². The number of aliphatic hydroxyl groups is 1. The molecule has 2 N–H and O–H groups in total. The van der Waals surface area contributed by atoms with Gasteiger partial charge >= 0.3 is 5.97 Å². The summed E-state index contributed by atoms with van der Waals surface area (Å²) >= 11 is 1.84. The van der Waals surface area contributed by atoms with Crippen molar-refractivity contribution in [3.63, 3.8) is 0 Å². The van der Waals surface area contributed by atoms with Crippen LogP contribution in [0.25, 0.3) is 0 Å². The summed E-state index contributed by atoms with van der Waals surface area (Å²) in [6, 6.07) is 0.452. The standard InChI is InChI=1S/C14H27NO3S/c1-11(6-9-19-3)15(2)10-14(18)7-4-12(5-8-14)13(16)17/h11-12,18H,4-10H2,1-3H3,(H,16,17). The Balaban J connectivity index is 2.41. The second-order valence-electron chi connectivity index (χ2n) is 5.88. The second-order valence-corrected chi connectivity index (χ2v) is 6.87. The molecular weight excluding hydrogens is 262 g/mol. The summed E-state index contributed by atoms with van der Waals surface area (Å²) in [6.45, 7) is 2.83. The number of hydrogen-bond donors (Lipinski definition) is 2. The number of aliphatic carboxylic acids is 1. The van der Waals surface area contributed by atoms with Crippen LogP contribution in [0.2, 0.25) is 0 Å². The lowest BCUT2D eigenvalue weighted by molar-refractivity contribution is -0.145. The van der Waals surface area contributed by atoms with Gasteiger partial charge in [-0.3, -0.25) is 4.79 Å². The molecule has 1 aliphatic carbocycles. The Labute approximate surface area is 120 Å². The number of likely N-dealkylation sites (N-methyl/N-ethyl adjacent to an activating group) is 1. The highest BCUT2D eigenvalue weighted by Gasteiger charge is 2.36. The van der Waals surface area contributed by atoms with Gasteiger partial charge in [0.1, 0.15) is 0 Å². The molecule has 5 heteroatoms. The van der Waals surface area contributed by atoms with Crippen molar-refractivity contribution in [2.75, 3.05) is 25.6 Å². The first-order valence-corrected chi connectivity index (χ1v) is 8.42. The summed E-state index contributed by atoms with van der Waals surface area (Å²) in [4.78, 5) is 13.1. The molecule has 0 aliphatic heterocycles. The van der Waals surface area contributed by atoms with E-state index >= 15 is 0 Å². The monoisotopic (exact) mass is 289 g/mol. The molecule has 0 aromatic rings. The molecule has 1 unspecified atom stereocenters. The largest absolute Gasteiger partial charge is 0.481 e. The van der Waals surface area contributed by atoms with Gasteiger partial charge in [-0.1, -0.05) is 0 Å². The van der Waals surface area contributed by atoms with Crippen molar-refractivity contribution in [3.8, 4) is 0 Å². The van der Waals surface area contributed by atoms with Gasteiger partial charge in [0.15, 0.2) is 0 Å². The van der Waals surface area contributed by atoms with Gasteiger partial charge in [-0.15, -0.1) is 0 Å². The molecule has 1 rings (SSSR count). The van der Waals surface area contributed by atoms with Crippen LogP contribution in [0.4, 0.5) is 0 Å². The number of rotatable bonds is 7. The number of hydrogen-bond acceptors (Lipinski definition) is 4. The Bertz CT molecular complexity index is 290. The Hall–Kier alpha value is -0.260. The molecule has 1 fully saturated rings. The van der Waals surface area contributed by atoms with Crippen molar-refractivity contribution in [2.24, 2.45) is 5.92 Å². The van der Waals surface area contributed by atoms with Gasteiger partial charge in [-0.2, -0.15) is 11.8 Å². The smallest absolute Gasteiger partial charge is 0.306 e. The van der Waals surface area contributed by atoms with Crippen LogP contribution < -0.4 is 0 Å². The average Bonchev–Trinajstić information content (AvgIpc) is 2.35. The normalized spacial score (nSPS) is 29.4. The molecule has 112 valence electrons. The summed E-state index contributed by atoms with van der Waals surface area (Å²) in [7, 11) is 2.05. The minimum Gasteiger partial charge on any atom is -0.481 e. The van der Waals surface area contributed by atoms with Crippen LogP contribution in [0.15, 0.2) is 0 Å². The van der Waals surface area contributed by atoms with Crippen LogP contribution in [-0.2, 0) is 4.79 Å². The zero-order chi connectivity index (χ0) is 14.5. The van der Waals surface area contributed by atoms with Crippen molar-refractivity contribution in [3.05, 3.63) is 0 Å². The lowest BCUT2D eigenvalue weighted by Crippen LogP contribution is -2.47. The zero-order valence-electron chi connectivity index (χ0n) is 12.3. The molecule has 0 saturated heterocycles. The van der Waals surface area contributed by atoms with Crippen molar-refractivity contribution < 1.29 is 15.0 Å². The molecule has 0 spiro atoms. The Morgan fingerprint density at radius 2 is 2.05 bits per heavy atom. The molecule has 0 radical (unpaired) electrons. The Morgan fingerprint density at radius 1 is 1.47 bits per heavy atom. The van der Waals surface area contributed by atoms with E-state index in [0.717, 1.165) is 12.2 Å². The molecule has 1 atom stereocenters. The summed E-state index contributed by atoms with van der Waals surface area (Å²) in [5.74, 6) is 0.147. The van der Waals surface area contributed by atoms with Gasteiger partial charge in [0, 0.05) is 12.6 Å². The van der Waals surface area contributed by atoms with E-state index in [4.69, 9.17) is 5.11 Å². The fourth-order valence-corrected chi connectivity index (χ4v) is 3.27. The highest BCUT2D eigenvalue weighted by atomic mass is 32.2. The van der Waals surface area contributed by atoms with Crippen LogP contribution in [0.5, 0.6) is 0 Å². The van der Waals surface area contributed by atoms with Gasteiger partial charge in [-0.05, 0) is 58.1 Å². The van der Waals surface area contributed by atoms with Gasteiger partial charge in [-0.25, -0.2) is 0 Å². The van der Waals surface area contributed by atoms with Crippen molar-refractivity contribution in [1.29, 1.82) is 0 Å². The van der Waals surface area contributed by atoms with Gasteiger partial charge in [0.05, 0.1) is 11.5 Å². The topological polar surface area (TPSA) is 60.8 Å². The van der Waals surface area contributed by atoms with E-state index in [1.807, 2.05) is 18.8 Å². The predicted octanol–water partition coefficient (Wildman–Crippen LogP) is 2.07. The van der Waals surface area contributed by atoms with Crippen LogP contribution in [0, 0.1) is 5.92 Å². The maximum absolute atomic E-state index is 10.9. The molecule has 0 heterocycles. The zero-order valence-corrected chi connectivity index (χ0v) is 13.1. The minimum atomic E-state index is -0.719. The maximum atomic E-state index is 10.9. The van der Waals surface area contributed by atoms with E-state index < -0.39 is 11.6 Å². The highest BCUT2D eigenvalue weighted by Crippen LogP contribution is 2.33. The van der Waals surface area contributed by atoms with E-state index in [-0.39, 0.29) is 5.92 Å². The maximum Gasteiger partial charge on any atom is 0.306 e. The molecule has 1 saturated carbocycles. The molecule has 0 aromatic heterocycles. The molecule has 0 aromatic carbocycles. The van der Waals surface area contributed by atoms with E-state index in [1.165, 1.54) is 0 Å². The molecule has 19 heavy (non-hydrogen) atoms. The number of nitrogens with zero attached hydrogens (tertiary/aromatic N) is 1. The number of carbonyl (C=O) groups is 1. The first-order chi connectivity index (χ1) is 8.88. The fraction of sp³-hybridized carbons (Fsp3) is 0.929. The first kappa shape index (κ1) is 16.8. The molecular formula is C14H27NO3S. The summed E-state index contributed by atoms with van der Waals surface area (Å²) in [5, 5.41) is 19.6. The Morgan fingerprint density at radius 3 is 2.53 bits per heavy atom. The van der Waals surface area contributed by atoms with E-state index in [2.05, 4.69) is 18.1 Å². The number of carboxylic acids is 1. The van der Waals surface area contributed by atoms with E-state index in [0.29, 0.717) is 38.3 Å². The van der Waals surface area contributed by atoms with Crippen molar-refractivity contribution in [2.45, 2.75) is 50.7 Å². The summed E-state index contributed by atoms with van der Waals surface area (Å²) in [6.07, 6.45) is 5.61. The quantitative estimate of drug-likeness (QED) is 0.751. The van der Waals surface area contributed by atoms with Crippen LogP contribution in [0.1, 0.15) is 39.0 Å². The van der Waals surface area contributed by atoms with Crippen molar-refractivity contribution >= 4 is 17.7 Å². The third-order valence-corrected chi connectivity index (χ3v) is 4.95. The lowest BCUT2D eigenvalue weighted by Gasteiger charge is -2.39. The van der Waals surface area contributed by atoms with E-state index in [9.17, 15) is 9.90 Å². The van der Waals surface area contributed by atoms with Crippen LogP contribution in [-0.4, -0.2) is 58.3 Å². The predicted molar refractivity (Wildman–Crippen MR) is 79.6 cm³/mol. The fourth-order valence-electron chi connectivity index (χ4n) is 2.69. The third kappa shape index (κ3) is 5.32. The Kier molecular flexibility index (Phi) is 6.63. The highest BCUT2D eigenvalue weighted by molar-refractivity contribution is 7.98. The third-order valence-electron chi connectivity index (χ3n) is 4.30. The number of thioether (sulfide) groups is 1. The summed E-state index contributed by atoms with van der Waals surface area (Å²) in [5.41, 5.74) is -0.700. The summed E-state index contributed by atoms with van der Waals surface area (Å²) < 4.78 is 0. The second kappa shape index (κ2) is 7.50. The molecule has 0 bridgehead atoms. The molecule has 4 nitrogen and oxygen atoms in total. The molecule has 1 aliphatic rings. The van der Waals surface area contributed by atoms with Gasteiger partial charge in [0.25, 0.3) is 0 Å². The van der Waals surface area contributed by atoms with Gasteiger partial charge in [0.2, 0.25) is 0 Å². The van der Waals surface area contributed by atoms with Crippen LogP contribution in [0.3, 0.4) is 0 Å². The molecule has 0 amide bonds.